The normalized spacial score (nSPS) is 11.7. The Morgan fingerprint density at radius 1 is 1.12 bits per heavy atom. The number of ether oxygens (including phenoxy) is 1. The van der Waals surface area contributed by atoms with Crippen LogP contribution in [0.4, 0.5) is 18.9 Å². The minimum Gasteiger partial charge on any atom is -0.495 e. The molecule has 10 heteroatoms. The molecule has 2 N–H and O–H groups in total. The van der Waals surface area contributed by atoms with Gasteiger partial charge in [0.15, 0.2) is 0 Å². The Kier molecular flexibility index (Phi) is 5.76. The van der Waals surface area contributed by atoms with Gasteiger partial charge >= 0.3 is 6.18 Å². The summed E-state index contributed by atoms with van der Waals surface area (Å²) in [6.07, 6.45) is -4.56. The molecule has 0 fully saturated rings. The highest BCUT2D eigenvalue weighted by Crippen LogP contribution is 2.26. The summed E-state index contributed by atoms with van der Waals surface area (Å²) in [6, 6.07) is 11.0. The maximum atomic E-state index is 12.5. The maximum absolute atomic E-state index is 12.5. The summed E-state index contributed by atoms with van der Waals surface area (Å²) in [5.74, 6) is -0.744. The predicted octanol–water partition coefficient (Wildman–Crippen LogP) is 2.79. The van der Waals surface area contributed by atoms with Crippen molar-refractivity contribution in [1.29, 1.82) is 0 Å². The van der Waals surface area contributed by atoms with Crippen molar-refractivity contribution in [2.45, 2.75) is 11.1 Å². The van der Waals surface area contributed by atoms with E-state index in [4.69, 9.17) is 4.74 Å². The van der Waals surface area contributed by atoms with E-state index in [2.05, 4.69) is 4.72 Å². The molecule has 140 valence electrons. The van der Waals surface area contributed by atoms with E-state index in [1.165, 1.54) is 31.4 Å². The number of sulfonamides is 1. The van der Waals surface area contributed by atoms with Crippen molar-refractivity contribution in [3.05, 3.63) is 54.1 Å². The van der Waals surface area contributed by atoms with Crippen molar-refractivity contribution < 1.29 is 31.1 Å². The molecule has 2 aromatic carbocycles. The van der Waals surface area contributed by atoms with Crippen molar-refractivity contribution in [2.24, 2.45) is 0 Å². The zero-order chi connectivity index (χ0) is 19.4. The van der Waals surface area contributed by atoms with Gasteiger partial charge < -0.3 is 10.1 Å². The maximum Gasteiger partial charge on any atom is 0.405 e. The van der Waals surface area contributed by atoms with Crippen LogP contribution in [-0.4, -0.2) is 34.2 Å². The van der Waals surface area contributed by atoms with E-state index in [9.17, 15) is 26.4 Å². The summed E-state index contributed by atoms with van der Waals surface area (Å²) in [4.78, 5) is 11.5. The lowest BCUT2D eigenvalue weighted by Gasteiger charge is -2.12. The topological polar surface area (TPSA) is 84.5 Å². The van der Waals surface area contributed by atoms with Crippen molar-refractivity contribution in [3.63, 3.8) is 0 Å². The average Bonchev–Trinajstić information content (AvgIpc) is 2.59. The van der Waals surface area contributed by atoms with Gasteiger partial charge in [-0.25, -0.2) is 8.42 Å². The fourth-order valence-corrected chi connectivity index (χ4v) is 3.14. The number of carbonyl (C=O) groups excluding carboxylic acids is 1. The number of para-hydroxylation sites is 2. The summed E-state index contributed by atoms with van der Waals surface area (Å²) < 4.78 is 68.9. The van der Waals surface area contributed by atoms with Gasteiger partial charge in [0, 0.05) is 5.56 Å². The molecule has 0 saturated heterocycles. The third kappa shape index (κ3) is 5.12. The first kappa shape index (κ1) is 19.6. The Bertz CT molecular complexity index is 898. The zero-order valence-electron chi connectivity index (χ0n) is 13.5. The van der Waals surface area contributed by atoms with Crippen LogP contribution < -0.4 is 14.8 Å². The van der Waals surface area contributed by atoms with Crippen molar-refractivity contribution in [2.75, 3.05) is 18.4 Å². The Morgan fingerprint density at radius 2 is 1.81 bits per heavy atom. The molecule has 0 bridgehead atoms. The second kappa shape index (κ2) is 7.65. The van der Waals surface area contributed by atoms with Crippen LogP contribution in [0, 0.1) is 0 Å². The van der Waals surface area contributed by atoms with Crippen LogP contribution in [0.2, 0.25) is 0 Å². The first-order valence-corrected chi connectivity index (χ1v) is 8.71. The quantitative estimate of drug-likeness (QED) is 0.797. The molecule has 26 heavy (non-hydrogen) atoms. The van der Waals surface area contributed by atoms with Crippen molar-refractivity contribution >= 4 is 21.6 Å². The number of amides is 1. The van der Waals surface area contributed by atoms with Crippen LogP contribution in [-0.2, 0) is 10.0 Å². The SMILES string of the molecule is COc1ccccc1NS(=O)(=O)c1cccc(C(=O)NCC(F)(F)F)c1. The predicted molar refractivity (Wildman–Crippen MR) is 88.6 cm³/mol. The zero-order valence-corrected chi connectivity index (χ0v) is 14.3. The largest absolute Gasteiger partial charge is 0.495 e. The van der Waals surface area contributed by atoms with Crippen molar-refractivity contribution in [3.8, 4) is 5.75 Å². The van der Waals surface area contributed by atoms with Crippen LogP contribution in [0.25, 0.3) is 0 Å². The van der Waals surface area contributed by atoms with Gasteiger partial charge in [0.2, 0.25) is 0 Å². The summed E-state index contributed by atoms with van der Waals surface area (Å²) in [5, 5.41) is 1.69. The highest BCUT2D eigenvalue weighted by Gasteiger charge is 2.28. The first-order chi connectivity index (χ1) is 12.1. The Morgan fingerprint density at radius 3 is 2.46 bits per heavy atom. The number of hydrogen-bond donors (Lipinski definition) is 2. The van der Waals surface area contributed by atoms with Crippen LogP contribution in [0.5, 0.6) is 5.75 Å². The number of rotatable bonds is 6. The molecule has 6 nitrogen and oxygen atoms in total. The Hall–Kier alpha value is -2.75. The first-order valence-electron chi connectivity index (χ1n) is 7.23. The summed E-state index contributed by atoms with van der Waals surface area (Å²) in [5.41, 5.74) is -0.0286. The lowest BCUT2D eigenvalue weighted by atomic mass is 10.2. The molecule has 0 heterocycles. The van der Waals surface area contributed by atoms with E-state index >= 15 is 0 Å². The number of nitrogens with one attached hydrogen (secondary N) is 2. The van der Waals surface area contributed by atoms with E-state index in [-0.39, 0.29) is 21.9 Å². The molecule has 0 saturated carbocycles. The van der Waals surface area contributed by atoms with E-state index in [1.54, 1.807) is 23.5 Å². The van der Waals surface area contributed by atoms with Crippen LogP contribution >= 0.6 is 0 Å². The molecule has 0 aliphatic rings. The molecule has 0 atom stereocenters. The standard InChI is InChI=1S/C16H15F3N2O4S/c1-25-14-8-3-2-7-13(14)21-26(23,24)12-6-4-5-11(9-12)15(22)20-10-16(17,18)19/h2-9,21H,10H2,1H3,(H,20,22). The van der Waals surface area contributed by atoms with Gasteiger partial charge in [-0.05, 0) is 30.3 Å². The number of benzene rings is 2. The Balaban J connectivity index is 2.24. The van der Waals surface area contributed by atoms with Gasteiger partial charge in [-0.15, -0.1) is 0 Å². The molecule has 2 rings (SSSR count). The van der Waals surface area contributed by atoms with Crippen LogP contribution in [0.1, 0.15) is 10.4 Å². The minimum atomic E-state index is -4.56. The third-order valence-electron chi connectivity index (χ3n) is 3.21. The molecule has 0 aliphatic carbocycles. The lowest BCUT2D eigenvalue weighted by Crippen LogP contribution is -2.33. The molecule has 0 aliphatic heterocycles. The fourth-order valence-electron chi connectivity index (χ4n) is 2.02. The molecular formula is C16H15F3N2O4S. The van der Waals surface area contributed by atoms with Gasteiger partial charge in [-0.3, -0.25) is 9.52 Å². The van der Waals surface area contributed by atoms with Gasteiger partial charge in [0.05, 0.1) is 17.7 Å². The highest BCUT2D eigenvalue weighted by molar-refractivity contribution is 7.92. The number of carbonyl (C=O) groups is 1. The second-order valence-electron chi connectivity index (χ2n) is 5.13. The third-order valence-corrected chi connectivity index (χ3v) is 4.57. The number of hydrogen-bond acceptors (Lipinski definition) is 4. The van der Waals surface area contributed by atoms with E-state index in [0.29, 0.717) is 0 Å². The van der Waals surface area contributed by atoms with E-state index in [0.717, 1.165) is 6.07 Å². The van der Waals surface area contributed by atoms with Gasteiger partial charge in [-0.2, -0.15) is 13.2 Å². The van der Waals surface area contributed by atoms with Gasteiger partial charge in [0.1, 0.15) is 12.3 Å². The molecule has 0 spiro atoms. The summed E-state index contributed by atoms with van der Waals surface area (Å²) in [6.45, 7) is -1.51. The number of halogens is 3. The van der Waals surface area contributed by atoms with Crippen LogP contribution in [0.3, 0.4) is 0 Å². The monoisotopic (exact) mass is 388 g/mol. The summed E-state index contributed by atoms with van der Waals surface area (Å²) >= 11 is 0. The lowest BCUT2D eigenvalue weighted by molar-refractivity contribution is -0.123. The number of methoxy groups -OCH3 is 1. The Labute approximate surface area is 148 Å². The molecule has 2 aromatic rings. The molecule has 1 amide bonds. The average molecular weight is 388 g/mol. The van der Waals surface area contributed by atoms with Gasteiger partial charge in [-0.1, -0.05) is 18.2 Å². The van der Waals surface area contributed by atoms with E-state index < -0.39 is 28.7 Å². The van der Waals surface area contributed by atoms with Gasteiger partial charge in [0.25, 0.3) is 15.9 Å². The molecular weight excluding hydrogens is 373 g/mol. The van der Waals surface area contributed by atoms with E-state index in [1.807, 2.05) is 0 Å². The molecule has 0 radical (unpaired) electrons. The second-order valence-corrected chi connectivity index (χ2v) is 6.81. The fraction of sp³-hybridized carbons (Fsp3) is 0.188. The van der Waals surface area contributed by atoms with Crippen LogP contribution in [0.15, 0.2) is 53.4 Å². The number of alkyl halides is 3. The smallest absolute Gasteiger partial charge is 0.405 e. The number of anilines is 1. The molecule has 0 unspecified atom stereocenters. The minimum absolute atomic E-state index is 0.182. The summed E-state index contributed by atoms with van der Waals surface area (Å²) in [7, 11) is -2.70. The highest BCUT2D eigenvalue weighted by atomic mass is 32.2. The van der Waals surface area contributed by atoms with Crippen molar-refractivity contribution in [1.82, 2.24) is 5.32 Å². The molecule has 0 aromatic heterocycles.